The molecule has 2 aromatic carbocycles. The fourth-order valence-corrected chi connectivity index (χ4v) is 1.62. The fourth-order valence-electron chi connectivity index (χ4n) is 1.62. The number of ether oxygens (including phenoxy) is 1. The Hall–Kier alpha value is -1.94. The first-order chi connectivity index (χ1) is 8.58. The molecule has 2 rings (SSSR count). The van der Waals surface area contributed by atoms with Crippen molar-refractivity contribution in [1.29, 1.82) is 0 Å². The van der Waals surface area contributed by atoms with Crippen molar-refractivity contribution in [2.75, 3.05) is 0 Å². The topological polar surface area (TPSA) is 35.2 Å². The Kier molecular flexibility index (Phi) is 3.58. The number of hydrogen-bond acceptors (Lipinski definition) is 2. The highest BCUT2D eigenvalue weighted by Crippen LogP contribution is 2.29. The van der Waals surface area contributed by atoms with Gasteiger partial charge in [-0.15, -0.1) is 0 Å². The van der Waals surface area contributed by atoms with E-state index in [2.05, 4.69) is 0 Å². The molecular weight excluding hydrogens is 236 g/mol. The number of nitrogens with two attached hydrogens (primary N) is 1. The summed E-state index contributed by atoms with van der Waals surface area (Å²) in [6, 6.07) is 10.4. The summed E-state index contributed by atoms with van der Waals surface area (Å²) in [7, 11) is 0. The van der Waals surface area contributed by atoms with Crippen molar-refractivity contribution in [3.05, 3.63) is 59.7 Å². The Balaban J connectivity index is 2.31. The van der Waals surface area contributed by atoms with E-state index in [0.29, 0.717) is 5.75 Å². The molecule has 0 saturated carbocycles. The van der Waals surface area contributed by atoms with E-state index in [9.17, 15) is 8.78 Å². The molecule has 0 aromatic heterocycles. The number of halogens is 2. The van der Waals surface area contributed by atoms with E-state index in [4.69, 9.17) is 10.5 Å². The lowest BCUT2D eigenvalue weighted by atomic mass is 10.1. The van der Waals surface area contributed by atoms with Gasteiger partial charge in [-0.25, -0.2) is 8.78 Å². The van der Waals surface area contributed by atoms with Crippen LogP contribution in [-0.4, -0.2) is 0 Å². The van der Waals surface area contributed by atoms with Crippen LogP contribution in [-0.2, 0) is 0 Å². The zero-order valence-electron chi connectivity index (χ0n) is 9.86. The molecule has 0 aliphatic carbocycles. The van der Waals surface area contributed by atoms with Gasteiger partial charge in [-0.3, -0.25) is 0 Å². The quantitative estimate of drug-likeness (QED) is 0.898. The van der Waals surface area contributed by atoms with Crippen molar-refractivity contribution in [2.24, 2.45) is 5.73 Å². The standard InChI is InChI=1S/C14H13F2NO/c1-9(17)11-4-2-3-5-14(11)18-10-6-7-12(15)13(16)8-10/h2-9H,17H2,1H3/t9-/m1/s1. The van der Waals surface area contributed by atoms with Gasteiger partial charge in [-0.05, 0) is 25.1 Å². The van der Waals surface area contributed by atoms with E-state index >= 15 is 0 Å². The molecule has 0 heterocycles. The molecule has 0 spiro atoms. The summed E-state index contributed by atoms with van der Waals surface area (Å²) in [5, 5.41) is 0. The molecule has 4 heteroatoms. The average Bonchev–Trinajstić information content (AvgIpc) is 2.34. The summed E-state index contributed by atoms with van der Waals surface area (Å²) in [6.07, 6.45) is 0. The Morgan fingerprint density at radius 1 is 1.06 bits per heavy atom. The Labute approximate surface area is 104 Å². The molecule has 0 aliphatic rings. The summed E-state index contributed by atoms with van der Waals surface area (Å²) in [5.41, 5.74) is 6.62. The smallest absolute Gasteiger partial charge is 0.162 e. The van der Waals surface area contributed by atoms with Gasteiger partial charge in [0.1, 0.15) is 11.5 Å². The van der Waals surface area contributed by atoms with Gasteiger partial charge >= 0.3 is 0 Å². The molecular formula is C14H13F2NO. The fraction of sp³-hybridized carbons (Fsp3) is 0.143. The molecule has 0 aliphatic heterocycles. The van der Waals surface area contributed by atoms with E-state index in [-0.39, 0.29) is 11.8 Å². The van der Waals surface area contributed by atoms with Crippen molar-refractivity contribution in [3.8, 4) is 11.5 Å². The first kappa shape index (κ1) is 12.5. The van der Waals surface area contributed by atoms with E-state index in [1.54, 1.807) is 12.1 Å². The first-order valence-corrected chi connectivity index (χ1v) is 5.55. The number of hydrogen-bond donors (Lipinski definition) is 1. The number of benzene rings is 2. The Bertz CT molecular complexity index is 555. The second-order valence-corrected chi connectivity index (χ2v) is 4.00. The van der Waals surface area contributed by atoms with Crippen LogP contribution in [0.2, 0.25) is 0 Å². The molecule has 2 N–H and O–H groups in total. The average molecular weight is 249 g/mol. The lowest BCUT2D eigenvalue weighted by molar-refractivity contribution is 0.454. The second kappa shape index (κ2) is 5.14. The minimum absolute atomic E-state index is 0.202. The van der Waals surface area contributed by atoms with Crippen LogP contribution in [0.15, 0.2) is 42.5 Å². The maximum absolute atomic E-state index is 13.1. The molecule has 2 nitrogen and oxygen atoms in total. The molecule has 0 radical (unpaired) electrons. The first-order valence-electron chi connectivity index (χ1n) is 5.55. The summed E-state index contributed by atoms with van der Waals surface area (Å²) < 4.78 is 31.4. The van der Waals surface area contributed by atoms with Crippen molar-refractivity contribution in [3.63, 3.8) is 0 Å². The molecule has 18 heavy (non-hydrogen) atoms. The Morgan fingerprint density at radius 2 is 1.78 bits per heavy atom. The highest BCUT2D eigenvalue weighted by Gasteiger charge is 2.09. The number of rotatable bonds is 3. The van der Waals surface area contributed by atoms with Crippen LogP contribution >= 0.6 is 0 Å². The molecule has 94 valence electrons. The predicted octanol–water partition coefficient (Wildman–Crippen LogP) is 3.78. The van der Waals surface area contributed by atoms with Gasteiger partial charge in [-0.1, -0.05) is 18.2 Å². The molecule has 0 fully saturated rings. The van der Waals surface area contributed by atoms with Crippen LogP contribution in [0.1, 0.15) is 18.5 Å². The zero-order valence-corrected chi connectivity index (χ0v) is 9.86. The van der Waals surface area contributed by atoms with E-state index in [0.717, 1.165) is 17.7 Å². The van der Waals surface area contributed by atoms with Gasteiger partial charge in [0.15, 0.2) is 11.6 Å². The minimum atomic E-state index is -0.939. The molecule has 0 amide bonds. The lowest BCUT2D eigenvalue weighted by Crippen LogP contribution is -2.06. The van der Waals surface area contributed by atoms with Crippen LogP contribution in [0.5, 0.6) is 11.5 Å². The highest BCUT2D eigenvalue weighted by atomic mass is 19.2. The Morgan fingerprint density at radius 3 is 2.44 bits per heavy atom. The highest BCUT2D eigenvalue weighted by molar-refractivity contribution is 5.39. The minimum Gasteiger partial charge on any atom is -0.457 e. The normalized spacial score (nSPS) is 12.2. The molecule has 0 bridgehead atoms. The van der Waals surface area contributed by atoms with Crippen LogP contribution in [0.25, 0.3) is 0 Å². The predicted molar refractivity (Wildman–Crippen MR) is 65.5 cm³/mol. The molecule has 1 atom stereocenters. The monoisotopic (exact) mass is 249 g/mol. The van der Waals surface area contributed by atoms with Gasteiger partial charge in [-0.2, -0.15) is 0 Å². The van der Waals surface area contributed by atoms with Gasteiger partial charge < -0.3 is 10.5 Å². The third-order valence-electron chi connectivity index (χ3n) is 2.53. The molecule has 0 unspecified atom stereocenters. The molecule has 2 aromatic rings. The largest absolute Gasteiger partial charge is 0.457 e. The van der Waals surface area contributed by atoms with E-state index in [1.165, 1.54) is 6.07 Å². The van der Waals surface area contributed by atoms with Crippen LogP contribution in [0.3, 0.4) is 0 Å². The van der Waals surface area contributed by atoms with Crippen molar-refractivity contribution in [2.45, 2.75) is 13.0 Å². The third-order valence-corrected chi connectivity index (χ3v) is 2.53. The van der Waals surface area contributed by atoms with Crippen LogP contribution in [0, 0.1) is 11.6 Å². The van der Waals surface area contributed by atoms with Crippen LogP contribution < -0.4 is 10.5 Å². The van der Waals surface area contributed by atoms with Gasteiger partial charge in [0.2, 0.25) is 0 Å². The summed E-state index contributed by atoms with van der Waals surface area (Å²) in [6.45, 7) is 1.83. The zero-order chi connectivity index (χ0) is 13.1. The second-order valence-electron chi connectivity index (χ2n) is 4.00. The summed E-state index contributed by atoms with van der Waals surface area (Å²) >= 11 is 0. The summed E-state index contributed by atoms with van der Waals surface area (Å²) in [4.78, 5) is 0. The van der Waals surface area contributed by atoms with Gasteiger partial charge in [0, 0.05) is 17.7 Å². The van der Waals surface area contributed by atoms with Crippen molar-refractivity contribution in [1.82, 2.24) is 0 Å². The maximum Gasteiger partial charge on any atom is 0.162 e. The molecule has 0 saturated heterocycles. The van der Waals surface area contributed by atoms with Crippen LogP contribution in [0.4, 0.5) is 8.78 Å². The van der Waals surface area contributed by atoms with E-state index < -0.39 is 11.6 Å². The van der Waals surface area contributed by atoms with Gasteiger partial charge in [0.25, 0.3) is 0 Å². The summed E-state index contributed by atoms with van der Waals surface area (Å²) in [5.74, 6) is -1.06. The van der Waals surface area contributed by atoms with E-state index in [1.807, 2.05) is 19.1 Å². The lowest BCUT2D eigenvalue weighted by Gasteiger charge is -2.13. The third kappa shape index (κ3) is 2.65. The number of para-hydroxylation sites is 1. The van der Waals surface area contributed by atoms with Gasteiger partial charge in [0.05, 0.1) is 0 Å². The maximum atomic E-state index is 13.1. The van der Waals surface area contributed by atoms with Crippen molar-refractivity contribution >= 4 is 0 Å². The van der Waals surface area contributed by atoms with Crippen molar-refractivity contribution < 1.29 is 13.5 Å². The SMILES string of the molecule is C[C@@H](N)c1ccccc1Oc1ccc(F)c(F)c1.